The maximum Gasteiger partial charge on any atom is 0.303 e. The van der Waals surface area contributed by atoms with E-state index in [1.807, 2.05) is 0 Å². The van der Waals surface area contributed by atoms with E-state index in [1.165, 1.54) is 0 Å². The van der Waals surface area contributed by atoms with E-state index in [0.717, 1.165) is 0 Å². The van der Waals surface area contributed by atoms with Crippen molar-refractivity contribution >= 4 is 31.6 Å². The summed E-state index contributed by atoms with van der Waals surface area (Å²) in [6, 6.07) is 22.4. The summed E-state index contributed by atoms with van der Waals surface area (Å²) < 4.78 is 0. The summed E-state index contributed by atoms with van der Waals surface area (Å²) in [5.41, 5.74) is 0. The molecule has 2 rings (SSSR count). The zero-order chi connectivity index (χ0) is 13.9. The molecule has 0 bridgehead atoms. The van der Waals surface area contributed by atoms with E-state index >= 15 is 0 Å². The van der Waals surface area contributed by atoms with Crippen LogP contribution in [0.15, 0.2) is 60.7 Å². The van der Waals surface area contributed by atoms with Crippen LogP contribution < -0.4 is 27.6 Å². The molecule has 0 aromatic heterocycles. The molecule has 0 aliphatic rings. The monoisotopic (exact) mass is 368 g/mol. The van der Waals surface area contributed by atoms with Gasteiger partial charge < -0.3 is 17.0 Å². The van der Waals surface area contributed by atoms with E-state index in [-0.39, 0.29) is 23.7 Å². The van der Waals surface area contributed by atoms with Gasteiger partial charge in [0, 0.05) is 26.7 Å². The van der Waals surface area contributed by atoms with Crippen LogP contribution in [-0.2, 0) is 0 Å². The third kappa shape index (κ3) is 4.42. The van der Waals surface area contributed by atoms with Crippen molar-refractivity contribution in [3.63, 3.8) is 0 Å². The molecule has 0 heterocycles. The van der Waals surface area contributed by atoms with Gasteiger partial charge in [-0.3, -0.25) is 0 Å². The molecule has 0 aliphatic heterocycles. The lowest BCUT2D eigenvalue weighted by atomic mass is 10.4. The SMILES string of the molecule is C[P+](C)([BH2-][P+](C)(C)c1ccccc1)c1ccccc1.[Br-]. The molecule has 4 heteroatoms. The fourth-order valence-corrected chi connectivity index (χ4v) is 17.2. The molecule has 0 saturated heterocycles. The molecule has 0 atom stereocenters. The molecular weight excluding hydrogens is 345 g/mol. The first kappa shape index (κ1) is 17.9. The minimum atomic E-state index is -0.907. The number of hydrogen-bond donors (Lipinski definition) is 0. The van der Waals surface area contributed by atoms with Crippen molar-refractivity contribution in [2.45, 2.75) is 0 Å². The maximum atomic E-state index is 2.53. The Kier molecular flexibility index (Phi) is 6.45. The summed E-state index contributed by atoms with van der Waals surface area (Å²) in [4.78, 5) is 0. The van der Waals surface area contributed by atoms with Crippen molar-refractivity contribution in [3.05, 3.63) is 60.7 Å². The van der Waals surface area contributed by atoms with Crippen molar-refractivity contribution in [1.82, 2.24) is 0 Å². The van der Waals surface area contributed by atoms with Crippen LogP contribution in [0.1, 0.15) is 0 Å². The molecular formula is C16H24BBrP2. The van der Waals surface area contributed by atoms with Gasteiger partial charge in [-0.25, -0.2) is 0 Å². The van der Waals surface area contributed by atoms with E-state index in [1.54, 1.807) is 10.6 Å². The highest BCUT2D eigenvalue weighted by atomic mass is 79.9. The molecule has 0 radical (unpaired) electrons. The van der Waals surface area contributed by atoms with Gasteiger partial charge in [-0.2, -0.15) is 0 Å². The van der Waals surface area contributed by atoms with Gasteiger partial charge in [-0.15, -0.1) is 0 Å². The van der Waals surface area contributed by atoms with E-state index in [0.29, 0.717) is 0 Å². The molecule has 0 nitrogen and oxygen atoms in total. The Hall–Kier alpha value is -0.155. The lowest BCUT2D eigenvalue weighted by Crippen LogP contribution is -3.00. The minimum absolute atomic E-state index is 0. The molecule has 0 amide bonds. The van der Waals surface area contributed by atoms with Crippen LogP contribution in [-0.4, -0.2) is 33.4 Å². The number of benzene rings is 2. The fraction of sp³-hybridized carbons (Fsp3) is 0.250. The number of halogens is 1. The second-order valence-corrected chi connectivity index (χ2v) is 17.6. The second kappa shape index (κ2) is 7.21. The smallest absolute Gasteiger partial charge is 0.303 e. The van der Waals surface area contributed by atoms with Crippen LogP contribution in [0.3, 0.4) is 0 Å². The predicted molar refractivity (Wildman–Crippen MR) is 98.2 cm³/mol. The molecule has 0 aliphatic carbocycles. The maximum absolute atomic E-state index is 2.53. The van der Waals surface area contributed by atoms with Gasteiger partial charge in [0.25, 0.3) is 0 Å². The fourth-order valence-electron chi connectivity index (χ4n) is 3.23. The highest BCUT2D eigenvalue weighted by Crippen LogP contribution is 2.63. The molecule has 2 aromatic rings. The van der Waals surface area contributed by atoms with E-state index in [4.69, 9.17) is 0 Å². The quantitative estimate of drug-likeness (QED) is 0.534. The Morgan fingerprint density at radius 1 is 0.600 bits per heavy atom. The van der Waals surface area contributed by atoms with Crippen LogP contribution in [0.2, 0.25) is 0 Å². The minimum Gasteiger partial charge on any atom is -1.00 e. The second-order valence-electron chi connectivity index (χ2n) is 6.90. The number of hydrogen-bond acceptors (Lipinski definition) is 0. The van der Waals surface area contributed by atoms with Crippen molar-refractivity contribution in [3.8, 4) is 0 Å². The topological polar surface area (TPSA) is 0 Å². The Labute approximate surface area is 136 Å². The molecule has 0 unspecified atom stereocenters. The zero-order valence-corrected chi connectivity index (χ0v) is 16.4. The van der Waals surface area contributed by atoms with Gasteiger partial charge in [-0.05, 0) is 24.3 Å². The molecule has 0 N–H and O–H groups in total. The Bertz CT molecular complexity index is 477. The van der Waals surface area contributed by atoms with E-state index in [2.05, 4.69) is 87.3 Å². The van der Waals surface area contributed by atoms with Crippen molar-refractivity contribution in [2.24, 2.45) is 0 Å². The summed E-state index contributed by atoms with van der Waals surface area (Å²) in [5, 5.41) is 3.22. The summed E-state index contributed by atoms with van der Waals surface area (Å²) in [7, 11) is -1.81. The van der Waals surface area contributed by atoms with Crippen molar-refractivity contribution < 1.29 is 17.0 Å². The molecule has 108 valence electrons. The van der Waals surface area contributed by atoms with Crippen LogP contribution in [0, 0.1) is 0 Å². The van der Waals surface area contributed by atoms with Crippen molar-refractivity contribution in [1.29, 1.82) is 0 Å². The van der Waals surface area contributed by atoms with Gasteiger partial charge in [0.05, 0.1) is 10.6 Å². The Morgan fingerprint density at radius 2 is 0.900 bits per heavy atom. The molecule has 0 spiro atoms. The molecule has 0 fully saturated rings. The number of rotatable bonds is 4. The lowest BCUT2D eigenvalue weighted by molar-refractivity contribution is -0.00000398. The highest BCUT2D eigenvalue weighted by molar-refractivity contribution is 8.32. The summed E-state index contributed by atoms with van der Waals surface area (Å²) in [5.74, 6) is 0. The first-order valence-electron chi connectivity index (χ1n) is 6.95. The van der Waals surface area contributed by atoms with Crippen LogP contribution >= 0.6 is 14.3 Å². The van der Waals surface area contributed by atoms with Crippen LogP contribution in [0.4, 0.5) is 0 Å². The average Bonchev–Trinajstić information content (AvgIpc) is 2.40. The van der Waals surface area contributed by atoms with Gasteiger partial charge >= 0.3 is 6.72 Å². The van der Waals surface area contributed by atoms with Gasteiger partial charge in [0.2, 0.25) is 0 Å². The standard InChI is InChI=1S/C16H24BP2.BrH/c1-18(2,15-11-7-5-8-12-15)17-19(3,4)16-13-9-6-10-14-16;/h5-14H,17H2,1-4H3;1H/q+1;/p-1. The Balaban J connectivity index is 0.00000200. The predicted octanol–water partition coefficient (Wildman–Crippen LogP) is 0.195. The van der Waals surface area contributed by atoms with Gasteiger partial charge in [0.1, 0.15) is 0 Å². The third-order valence-electron chi connectivity index (χ3n) is 4.06. The van der Waals surface area contributed by atoms with E-state index < -0.39 is 14.3 Å². The summed E-state index contributed by atoms with van der Waals surface area (Å²) in [6.45, 7) is 10.2. The molecule has 0 saturated carbocycles. The van der Waals surface area contributed by atoms with Crippen molar-refractivity contribution in [2.75, 3.05) is 26.7 Å². The first-order valence-corrected chi connectivity index (χ1v) is 13.2. The van der Waals surface area contributed by atoms with Gasteiger partial charge in [0.15, 0.2) is 0 Å². The summed E-state index contributed by atoms with van der Waals surface area (Å²) in [6.07, 6.45) is 0. The third-order valence-corrected chi connectivity index (χ3v) is 15.8. The highest BCUT2D eigenvalue weighted by Gasteiger charge is 2.36. The molecule has 20 heavy (non-hydrogen) atoms. The lowest BCUT2D eigenvalue weighted by Gasteiger charge is -2.31. The largest absolute Gasteiger partial charge is 1.00 e. The van der Waals surface area contributed by atoms with E-state index in [9.17, 15) is 0 Å². The van der Waals surface area contributed by atoms with Crippen LogP contribution in [0.5, 0.6) is 0 Å². The average molecular weight is 369 g/mol. The summed E-state index contributed by atoms with van der Waals surface area (Å²) >= 11 is 0. The zero-order valence-electron chi connectivity index (χ0n) is 13.0. The molecule has 2 aromatic carbocycles. The first-order chi connectivity index (χ1) is 8.92. The normalized spacial score (nSPS) is 11.8. The Morgan fingerprint density at radius 3 is 1.20 bits per heavy atom. The van der Waals surface area contributed by atoms with Gasteiger partial charge in [-0.1, -0.05) is 50.7 Å². The van der Waals surface area contributed by atoms with Crippen LogP contribution in [0.25, 0.3) is 0 Å².